The summed E-state index contributed by atoms with van der Waals surface area (Å²) in [6.45, 7) is 7.82. The molecule has 1 saturated heterocycles. The first-order valence-electron chi connectivity index (χ1n) is 7.45. The maximum absolute atomic E-state index is 11.9. The number of esters is 1. The van der Waals surface area contributed by atoms with Crippen molar-refractivity contribution < 1.29 is 18.8 Å². The first-order chi connectivity index (χ1) is 10.6. The molecule has 1 fully saturated rings. The van der Waals surface area contributed by atoms with Crippen LogP contribution in [0.2, 0.25) is 10.0 Å². The fourth-order valence-electron chi connectivity index (χ4n) is 2.52. The largest absolute Gasteiger partial charge is 0.469 e. The van der Waals surface area contributed by atoms with Crippen molar-refractivity contribution in [2.24, 2.45) is 0 Å². The Labute approximate surface area is 147 Å². The molecule has 23 heavy (non-hydrogen) atoms. The van der Waals surface area contributed by atoms with Gasteiger partial charge in [-0.3, -0.25) is 4.79 Å². The van der Waals surface area contributed by atoms with Crippen molar-refractivity contribution in [1.29, 1.82) is 0 Å². The Morgan fingerprint density at radius 1 is 1.17 bits per heavy atom. The molecule has 0 saturated carbocycles. The Morgan fingerprint density at radius 3 is 2.09 bits per heavy atom. The van der Waals surface area contributed by atoms with E-state index in [0.717, 1.165) is 0 Å². The van der Waals surface area contributed by atoms with Crippen LogP contribution in [-0.4, -0.2) is 31.4 Å². The topological polar surface area (TPSA) is 44.8 Å². The number of ether oxygens (including phenoxy) is 1. The van der Waals surface area contributed by atoms with Gasteiger partial charge in [0.2, 0.25) is 0 Å². The quantitative estimate of drug-likeness (QED) is 0.595. The molecular weight excluding hydrogens is 338 g/mol. The van der Waals surface area contributed by atoms with Crippen LogP contribution in [0.5, 0.6) is 0 Å². The van der Waals surface area contributed by atoms with Crippen LogP contribution < -0.4 is 0 Å². The average Bonchev–Trinajstić information content (AvgIpc) is 2.65. The van der Waals surface area contributed by atoms with Crippen LogP contribution in [0.1, 0.15) is 45.5 Å². The third kappa shape index (κ3) is 3.68. The van der Waals surface area contributed by atoms with Crippen molar-refractivity contribution in [3.63, 3.8) is 0 Å². The molecule has 7 heteroatoms. The van der Waals surface area contributed by atoms with Crippen molar-refractivity contribution >= 4 is 36.3 Å². The lowest BCUT2D eigenvalue weighted by Crippen LogP contribution is -2.41. The minimum Gasteiger partial charge on any atom is -0.469 e. The predicted molar refractivity (Wildman–Crippen MR) is 91.9 cm³/mol. The molecule has 0 amide bonds. The predicted octanol–water partition coefficient (Wildman–Crippen LogP) is 4.27. The smallest absolute Gasteiger partial charge is 0.466 e. The molecule has 0 aromatic heterocycles. The van der Waals surface area contributed by atoms with Gasteiger partial charge in [-0.15, -0.1) is 0 Å². The SMILES string of the molecule is COC(=O)CC(B1OC(C)(C)C(C)(C)O1)c1c(Cl)cccc1Cl. The third-order valence-corrected chi connectivity index (χ3v) is 5.24. The van der Waals surface area contributed by atoms with Crippen molar-refractivity contribution in [3.05, 3.63) is 33.8 Å². The van der Waals surface area contributed by atoms with Gasteiger partial charge in [-0.25, -0.2) is 0 Å². The number of hydrogen-bond acceptors (Lipinski definition) is 4. The van der Waals surface area contributed by atoms with Gasteiger partial charge in [-0.1, -0.05) is 29.3 Å². The number of benzene rings is 1. The molecule has 0 spiro atoms. The average molecular weight is 359 g/mol. The first kappa shape index (κ1) is 18.6. The lowest BCUT2D eigenvalue weighted by Gasteiger charge is -2.32. The van der Waals surface area contributed by atoms with Gasteiger partial charge in [0.05, 0.1) is 24.7 Å². The summed E-state index contributed by atoms with van der Waals surface area (Å²) < 4.78 is 17.0. The molecule has 1 aliphatic rings. The van der Waals surface area contributed by atoms with Gasteiger partial charge in [-0.2, -0.15) is 0 Å². The standard InChI is InChI=1S/C16H21BCl2O4/c1-15(2)16(3,4)23-17(22-15)10(9-13(20)21-5)14-11(18)7-6-8-12(14)19/h6-8,10H,9H2,1-5H3. The Balaban J connectivity index is 2.42. The molecule has 1 aromatic carbocycles. The molecule has 0 aliphatic carbocycles. The number of hydrogen-bond donors (Lipinski definition) is 0. The molecule has 1 aliphatic heterocycles. The number of rotatable bonds is 4. The van der Waals surface area contributed by atoms with Gasteiger partial charge >= 0.3 is 13.1 Å². The normalized spacial score (nSPS) is 20.4. The summed E-state index contributed by atoms with van der Waals surface area (Å²) in [7, 11) is 0.703. The van der Waals surface area contributed by atoms with E-state index in [1.54, 1.807) is 18.2 Å². The maximum atomic E-state index is 11.9. The highest BCUT2D eigenvalue weighted by Gasteiger charge is 2.54. The number of carbonyl (C=O) groups is 1. The van der Waals surface area contributed by atoms with Gasteiger partial charge < -0.3 is 14.0 Å². The molecule has 1 heterocycles. The number of methoxy groups -OCH3 is 1. The van der Waals surface area contributed by atoms with Crippen LogP contribution in [0.25, 0.3) is 0 Å². The zero-order valence-electron chi connectivity index (χ0n) is 14.0. The first-order valence-corrected chi connectivity index (χ1v) is 8.21. The highest BCUT2D eigenvalue weighted by atomic mass is 35.5. The van der Waals surface area contributed by atoms with Crippen LogP contribution in [0, 0.1) is 0 Å². The summed E-state index contributed by atoms with van der Waals surface area (Å²) in [5.41, 5.74) is -0.390. The van der Waals surface area contributed by atoms with Gasteiger partial charge in [0.15, 0.2) is 0 Å². The van der Waals surface area contributed by atoms with Crippen LogP contribution >= 0.6 is 23.2 Å². The summed E-state index contributed by atoms with van der Waals surface area (Å²) >= 11 is 12.6. The van der Waals surface area contributed by atoms with Gasteiger partial charge in [0.1, 0.15) is 0 Å². The molecule has 4 nitrogen and oxygen atoms in total. The molecule has 0 N–H and O–H groups in total. The molecule has 1 atom stereocenters. The number of carbonyl (C=O) groups excluding carboxylic acids is 1. The molecule has 1 aromatic rings. The van der Waals surface area contributed by atoms with E-state index in [-0.39, 0.29) is 12.4 Å². The summed E-state index contributed by atoms with van der Waals surface area (Å²) in [5, 5.41) is 0.947. The van der Waals surface area contributed by atoms with Crippen LogP contribution in [0.3, 0.4) is 0 Å². The minimum absolute atomic E-state index is 0.0663. The van der Waals surface area contributed by atoms with Crippen LogP contribution in [0.4, 0.5) is 0 Å². The lowest BCUT2D eigenvalue weighted by atomic mass is 9.66. The Kier molecular flexibility index (Phi) is 5.36. The Morgan fingerprint density at radius 2 is 1.65 bits per heavy atom. The molecule has 0 bridgehead atoms. The molecule has 0 radical (unpaired) electrons. The Hall–Kier alpha value is -0.745. The third-order valence-electron chi connectivity index (χ3n) is 4.58. The van der Waals surface area contributed by atoms with E-state index in [1.807, 2.05) is 27.7 Å². The highest BCUT2D eigenvalue weighted by Crippen LogP contribution is 2.44. The van der Waals surface area contributed by atoms with Crippen LogP contribution in [-0.2, 0) is 18.8 Å². The number of halogens is 2. The second-order valence-electron chi connectivity index (χ2n) is 6.65. The van der Waals surface area contributed by atoms with Gasteiger partial charge in [0.25, 0.3) is 0 Å². The second-order valence-corrected chi connectivity index (χ2v) is 7.46. The van der Waals surface area contributed by atoms with E-state index in [2.05, 4.69) is 0 Å². The van der Waals surface area contributed by atoms with Crippen molar-refractivity contribution in [2.75, 3.05) is 7.11 Å². The van der Waals surface area contributed by atoms with E-state index in [4.69, 9.17) is 37.2 Å². The minimum atomic E-state index is -0.642. The molecule has 2 rings (SSSR count). The van der Waals surface area contributed by atoms with Crippen LogP contribution in [0.15, 0.2) is 18.2 Å². The summed E-state index contributed by atoms with van der Waals surface area (Å²) in [6, 6.07) is 5.23. The zero-order valence-corrected chi connectivity index (χ0v) is 15.5. The maximum Gasteiger partial charge on any atom is 0.466 e. The van der Waals surface area contributed by atoms with E-state index in [0.29, 0.717) is 15.6 Å². The van der Waals surface area contributed by atoms with E-state index >= 15 is 0 Å². The molecule has 126 valence electrons. The zero-order chi connectivity index (χ0) is 17.4. The molecular formula is C16H21BCl2O4. The van der Waals surface area contributed by atoms with E-state index in [9.17, 15) is 4.79 Å². The van der Waals surface area contributed by atoms with Crippen molar-refractivity contribution in [1.82, 2.24) is 0 Å². The van der Waals surface area contributed by atoms with E-state index in [1.165, 1.54) is 7.11 Å². The Bertz CT molecular complexity index is 567. The highest BCUT2D eigenvalue weighted by molar-refractivity contribution is 6.49. The van der Waals surface area contributed by atoms with E-state index < -0.39 is 24.1 Å². The monoisotopic (exact) mass is 358 g/mol. The fourth-order valence-corrected chi connectivity index (χ4v) is 3.19. The summed E-state index contributed by atoms with van der Waals surface area (Å²) in [4.78, 5) is 11.9. The fraction of sp³-hybridized carbons (Fsp3) is 0.562. The second kappa shape index (κ2) is 6.63. The van der Waals surface area contributed by atoms with Gasteiger partial charge in [0, 0.05) is 15.9 Å². The lowest BCUT2D eigenvalue weighted by molar-refractivity contribution is -0.140. The van der Waals surface area contributed by atoms with Crippen molar-refractivity contribution in [2.45, 2.75) is 51.1 Å². The summed E-state index contributed by atoms with van der Waals surface area (Å²) in [5.74, 6) is -0.828. The summed E-state index contributed by atoms with van der Waals surface area (Å²) in [6.07, 6.45) is 0.0663. The molecule has 1 unspecified atom stereocenters. The van der Waals surface area contributed by atoms with Gasteiger partial charge in [-0.05, 0) is 45.4 Å². The van der Waals surface area contributed by atoms with Crippen molar-refractivity contribution in [3.8, 4) is 0 Å².